The van der Waals surface area contributed by atoms with Crippen molar-refractivity contribution in [1.29, 1.82) is 5.26 Å². The van der Waals surface area contributed by atoms with E-state index in [0.717, 1.165) is 6.42 Å². The number of nitrogens with zero attached hydrogens (tertiary/aromatic N) is 2. The molecule has 1 atom stereocenters. The van der Waals surface area contributed by atoms with Gasteiger partial charge in [-0.1, -0.05) is 18.7 Å². The number of rotatable bonds is 5. The number of thioether (sulfide) groups is 1. The van der Waals surface area contributed by atoms with Crippen LogP contribution in [0.15, 0.2) is 32.8 Å². The summed E-state index contributed by atoms with van der Waals surface area (Å²) < 4.78 is 5.22. The van der Waals surface area contributed by atoms with Gasteiger partial charge in [0.1, 0.15) is 17.3 Å². The molecule has 2 aromatic heterocycles. The molecule has 0 fully saturated rings. The number of nitriles is 1. The zero-order chi connectivity index (χ0) is 14.5. The first kappa shape index (κ1) is 14.4. The summed E-state index contributed by atoms with van der Waals surface area (Å²) in [6.07, 6.45) is 2.32. The molecule has 2 rings (SSSR count). The molecular formula is C13H14N4O2S. The second kappa shape index (κ2) is 6.41. The van der Waals surface area contributed by atoms with Gasteiger partial charge in [0.25, 0.3) is 5.56 Å². The Morgan fingerprint density at radius 2 is 2.45 bits per heavy atom. The zero-order valence-corrected chi connectivity index (χ0v) is 11.7. The van der Waals surface area contributed by atoms with Crippen LogP contribution in [0.1, 0.15) is 18.9 Å². The summed E-state index contributed by atoms with van der Waals surface area (Å²) in [6.45, 7) is 1.99. The Hall–Kier alpha value is -2.04. The number of H-pyrrole nitrogens is 1. The topological polar surface area (TPSA) is 109 Å². The van der Waals surface area contributed by atoms with E-state index >= 15 is 0 Å². The summed E-state index contributed by atoms with van der Waals surface area (Å²) in [5.41, 5.74) is 5.57. The molecule has 0 bridgehead atoms. The zero-order valence-electron chi connectivity index (χ0n) is 10.9. The summed E-state index contributed by atoms with van der Waals surface area (Å²) in [6, 6.07) is 5.23. The molecule has 0 radical (unpaired) electrons. The third-order valence-electron chi connectivity index (χ3n) is 2.72. The van der Waals surface area contributed by atoms with E-state index < -0.39 is 5.56 Å². The summed E-state index contributed by atoms with van der Waals surface area (Å²) in [5.74, 6) is 1.04. The van der Waals surface area contributed by atoms with Crippen LogP contribution >= 0.6 is 11.8 Å². The predicted molar refractivity (Wildman–Crippen MR) is 76.3 cm³/mol. The van der Waals surface area contributed by atoms with Crippen LogP contribution in [0.4, 0.5) is 0 Å². The normalized spacial score (nSPS) is 12.1. The van der Waals surface area contributed by atoms with Crippen LogP contribution in [-0.2, 0) is 0 Å². The van der Waals surface area contributed by atoms with Gasteiger partial charge in [-0.2, -0.15) is 5.26 Å². The number of nitrogens with two attached hydrogens (primary N) is 1. The Labute approximate surface area is 120 Å². The van der Waals surface area contributed by atoms with Gasteiger partial charge in [0.2, 0.25) is 0 Å². The first-order chi connectivity index (χ1) is 9.65. The fraction of sp³-hybridized carbons (Fsp3) is 0.308. The molecule has 0 aliphatic heterocycles. The quantitative estimate of drug-likeness (QED) is 0.641. The van der Waals surface area contributed by atoms with Gasteiger partial charge in [0.05, 0.1) is 6.26 Å². The molecule has 104 valence electrons. The maximum atomic E-state index is 11.9. The molecule has 0 spiro atoms. The van der Waals surface area contributed by atoms with Crippen molar-refractivity contribution < 1.29 is 4.42 Å². The van der Waals surface area contributed by atoms with Crippen LogP contribution in [0.2, 0.25) is 0 Å². The predicted octanol–water partition coefficient (Wildman–Crippen LogP) is 1.73. The first-order valence-electron chi connectivity index (χ1n) is 6.12. The second-order valence-electron chi connectivity index (χ2n) is 4.16. The smallest absolute Gasteiger partial charge is 0.270 e. The van der Waals surface area contributed by atoms with Crippen molar-refractivity contribution >= 4 is 11.8 Å². The van der Waals surface area contributed by atoms with Crippen LogP contribution in [-0.4, -0.2) is 21.8 Å². The third-order valence-corrected chi connectivity index (χ3v) is 3.78. The molecule has 2 aromatic rings. The van der Waals surface area contributed by atoms with Crippen LogP contribution in [0, 0.1) is 11.3 Å². The maximum Gasteiger partial charge on any atom is 0.270 e. The van der Waals surface area contributed by atoms with Crippen molar-refractivity contribution in [3.63, 3.8) is 0 Å². The molecule has 0 aliphatic rings. The molecule has 7 heteroatoms. The minimum Gasteiger partial charge on any atom is -0.463 e. The molecule has 0 amide bonds. The fourth-order valence-corrected chi connectivity index (χ4v) is 2.45. The van der Waals surface area contributed by atoms with E-state index in [-0.39, 0.29) is 17.3 Å². The van der Waals surface area contributed by atoms with Gasteiger partial charge in [0.15, 0.2) is 10.9 Å². The van der Waals surface area contributed by atoms with E-state index in [4.69, 9.17) is 15.4 Å². The number of furan rings is 1. The van der Waals surface area contributed by atoms with Crippen molar-refractivity contribution in [2.75, 3.05) is 5.75 Å². The molecule has 20 heavy (non-hydrogen) atoms. The minimum absolute atomic E-state index is 0.0352. The molecule has 0 saturated heterocycles. The highest BCUT2D eigenvalue weighted by Crippen LogP contribution is 2.22. The molecule has 0 aliphatic carbocycles. The highest BCUT2D eigenvalue weighted by Gasteiger charge is 2.15. The fourth-order valence-electron chi connectivity index (χ4n) is 1.52. The number of hydrogen-bond acceptors (Lipinski definition) is 6. The Kier molecular flexibility index (Phi) is 4.61. The Morgan fingerprint density at radius 1 is 1.65 bits per heavy atom. The maximum absolute atomic E-state index is 11.9. The summed E-state index contributed by atoms with van der Waals surface area (Å²) in [4.78, 5) is 18.8. The monoisotopic (exact) mass is 290 g/mol. The van der Waals surface area contributed by atoms with Crippen molar-refractivity contribution in [2.45, 2.75) is 24.5 Å². The van der Waals surface area contributed by atoms with Crippen LogP contribution in [0.25, 0.3) is 11.5 Å². The lowest BCUT2D eigenvalue weighted by atomic mass is 10.2. The second-order valence-corrected chi connectivity index (χ2v) is 5.17. The van der Waals surface area contributed by atoms with E-state index in [2.05, 4.69) is 9.97 Å². The van der Waals surface area contributed by atoms with Gasteiger partial charge < -0.3 is 15.1 Å². The van der Waals surface area contributed by atoms with Crippen molar-refractivity contribution in [1.82, 2.24) is 9.97 Å². The first-order valence-corrected chi connectivity index (χ1v) is 7.11. The highest BCUT2D eigenvalue weighted by molar-refractivity contribution is 7.99. The summed E-state index contributed by atoms with van der Waals surface area (Å²) in [7, 11) is 0. The number of aromatic amines is 1. The van der Waals surface area contributed by atoms with Gasteiger partial charge in [-0.3, -0.25) is 4.79 Å². The van der Waals surface area contributed by atoms with Crippen LogP contribution in [0.5, 0.6) is 0 Å². The molecule has 1 unspecified atom stereocenters. The average Bonchev–Trinajstić information content (AvgIpc) is 2.98. The van der Waals surface area contributed by atoms with E-state index in [1.807, 2.05) is 13.0 Å². The van der Waals surface area contributed by atoms with E-state index in [9.17, 15) is 4.79 Å². The van der Waals surface area contributed by atoms with E-state index in [0.29, 0.717) is 16.7 Å². The number of hydrogen-bond donors (Lipinski definition) is 2. The lowest BCUT2D eigenvalue weighted by Gasteiger charge is -2.08. The van der Waals surface area contributed by atoms with E-state index in [1.54, 1.807) is 12.1 Å². The molecule has 3 N–H and O–H groups in total. The average molecular weight is 290 g/mol. The Balaban J connectivity index is 2.38. The van der Waals surface area contributed by atoms with Crippen molar-refractivity contribution in [2.24, 2.45) is 5.73 Å². The molecule has 0 saturated carbocycles. The highest BCUT2D eigenvalue weighted by atomic mass is 32.2. The Bertz CT molecular complexity index is 673. The third kappa shape index (κ3) is 3.10. The number of nitrogens with one attached hydrogen (secondary N) is 1. The van der Waals surface area contributed by atoms with Gasteiger partial charge in [0, 0.05) is 11.8 Å². The number of aromatic nitrogens is 2. The van der Waals surface area contributed by atoms with Gasteiger partial charge in [-0.05, 0) is 18.6 Å². The molecule has 0 aromatic carbocycles. The van der Waals surface area contributed by atoms with Crippen LogP contribution in [0.3, 0.4) is 0 Å². The lowest BCUT2D eigenvalue weighted by Crippen LogP contribution is -2.22. The lowest BCUT2D eigenvalue weighted by molar-refractivity contribution is 0.578. The molecular weight excluding hydrogens is 276 g/mol. The minimum atomic E-state index is -0.471. The Morgan fingerprint density at radius 3 is 3.05 bits per heavy atom. The SMILES string of the molecule is CCC(N)CSc1nc(-c2ccco2)c(C#N)c(=O)[nH]1. The van der Waals surface area contributed by atoms with Gasteiger partial charge in [-0.25, -0.2) is 4.98 Å². The van der Waals surface area contributed by atoms with Crippen LogP contribution < -0.4 is 11.3 Å². The summed E-state index contributed by atoms with van der Waals surface area (Å²) in [5, 5.41) is 9.50. The molecule has 2 heterocycles. The van der Waals surface area contributed by atoms with Gasteiger partial charge in [-0.15, -0.1) is 0 Å². The van der Waals surface area contributed by atoms with Gasteiger partial charge >= 0.3 is 0 Å². The molecule has 6 nitrogen and oxygen atoms in total. The van der Waals surface area contributed by atoms with E-state index in [1.165, 1.54) is 18.0 Å². The largest absolute Gasteiger partial charge is 0.463 e. The van der Waals surface area contributed by atoms with Crippen molar-refractivity contribution in [3.8, 4) is 17.5 Å². The standard InChI is InChI=1S/C13H14N4O2S/c1-2-8(15)7-20-13-16-11(10-4-3-5-19-10)9(6-14)12(18)17-13/h3-5,8H,2,7,15H2,1H3,(H,16,17,18). The summed E-state index contributed by atoms with van der Waals surface area (Å²) >= 11 is 1.36. The van der Waals surface area contributed by atoms with Crippen molar-refractivity contribution in [3.05, 3.63) is 34.3 Å².